The first-order valence-corrected chi connectivity index (χ1v) is 13.0. The number of alkyl carbamates (subject to hydrolysis) is 1. The van der Waals surface area contributed by atoms with Crippen LogP contribution >= 0.6 is 0 Å². The van der Waals surface area contributed by atoms with Gasteiger partial charge in [0, 0.05) is 18.5 Å². The topological polar surface area (TPSA) is 108 Å². The summed E-state index contributed by atoms with van der Waals surface area (Å²) in [6, 6.07) is 13.2. The van der Waals surface area contributed by atoms with Gasteiger partial charge in [0.15, 0.2) is 0 Å². The van der Waals surface area contributed by atoms with Crippen molar-refractivity contribution in [2.24, 2.45) is 0 Å². The molecule has 2 aromatic carbocycles. The molecule has 3 unspecified atom stereocenters. The van der Waals surface area contributed by atoms with Crippen LogP contribution in [-0.2, 0) is 20.7 Å². The summed E-state index contributed by atoms with van der Waals surface area (Å²) in [5.41, 5.74) is 1.11. The van der Waals surface area contributed by atoms with Gasteiger partial charge in [-0.25, -0.2) is 4.79 Å². The number of terminal acetylenes is 1. The minimum atomic E-state index is -1.16. The summed E-state index contributed by atoms with van der Waals surface area (Å²) < 4.78 is 5.39. The Hall–Kier alpha value is -4.25. The van der Waals surface area contributed by atoms with Crippen LogP contribution in [0.25, 0.3) is 6.08 Å². The van der Waals surface area contributed by atoms with Crippen LogP contribution in [-0.4, -0.2) is 45.6 Å². The summed E-state index contributed by atoms with van der Waals surface area (Å²) in [6.07, 6.45) is 8.36. The fraction of sp³-hybridized carbons (Fsp3) is 0.387. The van der Waals surface area contributed by atoms with Crippen molar-refractivity contribution < 1.29 is 24.2 Å². The van der Waals surface area contributed by atoms with E-state index in [1.807, 2.05) is 19.9 Å². The molecule has 8 heteroatoms. The number of amides is 3. The van der Waals surface area contributed by atoms with Gasteiger partial charge in [-0.2, -0.15) is 0 Å². The van der Waals surface area contributed by atoms with Crippen LogP contribution in [0.2, 0.25) is 0 Å². The first kappa shape index (κ1) is 31.0. The van der Waals surface area contributed by atoms with Crippen molar-refractivity contribution in [1.29, 1.82) is 0 Å². The van der Waals surface area contributed by atoms with Crippen LogP contribution in [0.15, 0.2) is 55.1 Å². The molecule has 3 N–H and O–H groups in total. The van der Waals surface area contributed by atoms with E-state index in [-0.39, 0.29) is 18.2 Å². The van der Waals surface area contributed by atoms with E-state index in [2.05, 4.69) is 23.3 Å². The summed E-state index contributed by atoms with van der Waals surface area (Å²) in [5.74, 6) is -1.04. The second kappa shape index (κ2) is 14.1. The molecule has 3 atom stereocenters. The molecule has 0 heterocycles. The number of aromatic hydroxyl groups is 1. The quantitative estimate of drug-likeness (QED) is 0.280. The van der Waals surface area contributed by atoms with E-state index in [1.54, 1.807) is 57.2 Å². The lowest BCUT2D eigenvalue weighted by molar-refractivity contribution is -0.138. The van der Waals surface area contributed by atoms with Crippen molar-refractivity contribution in [3.63, 3.8) is 0 Å². The molecule has 208 valence electrons. The lowest BCUT2D eigenvalue weighted by Gasteiger charge is -2.31. The SMILES string of the molecule is C#CN(C(=O)C(Cc1ccc(O)cc1)NC(=O)OC(C)(C)C)C(C(=O)NC(C)CCC)c1cccc(C=C)c1. The van der Waals surface area contributed by atoms with Crippen LogP contribution in [0, 0.1) is 12.5 Å². The maximum atomic E-state index is 14.0. The van der Waals surface area contributed by atoms with Crippen LogP contribution in [0.4, 0.5) is 4.79 Å². The highest BCUT2D eigenvalue weighted by Gasteiger charge is 2.36. The number of rotatable bonds is 11. The van der Waals surface area contributed by atoms with Crippen LogP contribution < -0.4 is 10.6 Å². The van der Waals surface area contributed by atoms with E-state index in [1.165, 1.54) is 12.1 Å². The minimum Gasteiger partial charge on any atom is -0.508 e. The van der Waals surface area contributed by atoms with Crippen molar-refractivity contribution in [2.45, 2.75) is 77.6 Å². The highest BCUT2D eigenvalue weighted by atomic mass is 16.6. The fourth-order valence-corrected chi connectivity index (χ4v) is 4.05. The lowest BCUT2D eigenvalue weighted by atomic mass is 9.99. The van der Waals surface area contributed by atoms with Gasteiger partial charge in [-0.05, 0) is 69.0 Å². The summed E-state index contributed by atoms with van der Waals surface area (Å²) in [5, 5.41) is 15.3. The number of ether oxygens (including phenoxy) is 1. The maximum Gasteiger partial charge on any atom is 0.408 e. The van der Waals surface area contributed by atoms with Crippen molar-refractivity contribution in [3.8, 4) is 18.2 Å². The Balaban J connectivity index is 2.52. The Morgan fingerprint density at radius 2 is 1.82 bits per heavy atom. The van der Waals surface area contributed by atoms with Crippen molar-refractivity contribution >= 4 is 24.0 Å². The number of hydrogen-bond donors (Lipinski definition) is 3. The average Bonchev–Trinajstić information content (AvgIpc) is 2.86. The molecule has 0 radical (unpaired) electrons. The average molecular weight is 534 g/mol. The molecule has 0 spiro atoms. The number of carbonyl (C=O) groups is 3. The minimum absolute atomic E-state index is 0.0454. The highest BCUT2D eigenvalue weighted by molar-refractivity contribution is 5.93. The molecule has 2 aromatic rings. The van der Waals surface area contributed by atoms with Crippen molar-refractivity contribution in [3.05, 3.63) is 71.8 Å². The number of carbonyl (C=O) groups excluding carboxylic acids is 3. The summed E-state index contributed by atoms with van der Waals surface area (Å²) in [6.45, 7) is 12.8. The van der Waals surface area contributed by atoms with Gasteiger partial charge in [-0.15, -0.1) is 0 Å². The predicted molar refractivity (Wildman–Crippen MR) is 152 cm³/mol. The first-order valence-electron chi connectivity index (χ1n) is 13.0. The first-order chi connectivity index (χ1) is 18.4. The molecule has 0 aliphatic rings. The number of phenolic OH excluding ortho intramolecular Hbond substituents is 1. The van der Waals surface area contributed by atoms with Crippen LogP contribution in [0.5, 0.6) is 5.75 Å². The lowest BCUT2D eigenvalue weighted by Crippen LogP contribution is -2.52. The van der Waals surface area contributed by atoms with Gasteiger partial charge in [0.25, 0.3) is 5.91 Å². The molecule has 0 bridgehead atoms. The molecule has 3 amide bonds. The van der Waals surface area contributed by atoms with Gasteiger partial charge in [-0.1, -0.05) is 62.8 Å². The predicted octanol–water partition coefficient (Wildman–Crippen LogP) is 4.94. The molecule has 0 aromatic heterocycles. The highest BCUT2D eigenvalue weighted by Crippen LogP contribution is 2.25. The van der Waals surface area contributed by atoms with E-state index < -0.39 is 35.6 Å². The van der Waals surface area contributed by atoms with E-state index in [0.29, 0.717) is 11.1 Å². The van der Waals surface area contributed by atoms with Gasteiger partial charge in [0.2, 0.25) is 5.91 Å². The molecule has 0 aliphatic heterocycles. The zero-order valence-corrected chi connectivity index (χ0v) is 23.4. The second-order valence-corrected chi connectivity index (χ2v) is 10.4. The normalized spacial score (nSPS) is 13.2. The third-order valence-electron chi connectivity index (χ3n) is 5.82. The molecule has 0 aliphatic carbocycles. The van der Waals surface area contributed by atoms with Gasteiger partial charge < -0.3 is 20.5 Å². The number of benzene rings is 2. The molecule has 39 heavy (non-hydrogen) atoms. The van der Waals surface area contributed by atoms with Crippen LogP contribution in [0.1, 0.15) is 70.2 Å². The Morgan fingerprint density at radius 3 is 2.38 bits per heavy atom. The molecule has 8 nitrogen and oxygen atoms in total. The number of nitrogens with zero attached hydrogens (tertiary/aromatic N) is 1. The molecular weight excluding hydrogens is 494 g/mol. The monoisotopic (exact) mass is 533 g/mol. The number of hydrogen-bond acceptors (Lipinski definition) is 5. The molecular formula is C31H39N3O5. The largest absolute Gasteiger partial charge is 0.508 e. The Bertz CT molecular complexity index is 1190. The molecule has 0 saturated heterocycles. The van der Waals surface area contributed by atoms with Gasteiger partial charge in [0.1, 0.15) is 23.4 Å². The zero-order valence-electron chi connectivity index (χ0n) is 23.4. The van der Waals surface area contributed by atoms with Crippen molar-refractivity contribution in [1.82, 2.24) is 15.5 Å². The maximum absolute atomic E-state index is 14.0. The second-order valence-electron chi connectivity index (χ2n) is 10.4. The van der Waals surface area contributed by atoms with E-state index in [0.717, 1.165) is 23.3 Å². The van der Waals surface area contributed by atoms with E-state index >= 15 is 0 Å². The van der Waals surface area contributed by atoms with Gasteiger partial charge >= 0.3 is 6.09 Å². The standard InChI is InChI=1S/C31H39N3O5/c1-8-12-21(4)32-28(36)27(24-14-11-13-22(9-2)19-24)34(10-3)29(37)26(33-30(38)39-31(5,6)7)20-23-15-17-25(35)18-16-23/h3,9,11,13-19,21,26-27,35H,2,8,12,20H2,1,4-7H3,(H,32,36)(H,33,38). The number of nitrogens with one attached hydrogen (secondary N) is 2. The summed E-state index contributed by atoms with van der Waals surface area (Å²) in [7, 11) is 0. The molecule has 2 rings (SSSR count). The summed E-state index contributed by atoms with van der Waals surface area (Å²) >= 11 is 0. The smallest absolute Gasteiger partial charge is 0.408 e. The molecule has 0 fully saturated rings. The Kier molecular flexibility index (Phi) is 11.2. The Labute approximate surface area is 231 Å². The Morgan fingerprint density at radius 1 is 1.15 bits per heavy atom. The van der Waals surface area contributed by atoms with E-state index in [9.17, 15) is 19.5 Å². The molecule has 0 saturated carbocycles. The van der Waals surface area contributed by atoms with Gasteiger partial charge in [0.05, 0.1) is 0 Å². The number of phenols is 1. The van der Waals surface area contributed by atoms with Gasteiger partial charge in [-0.3, -0.25) is 14.5 Å². The van der Waals surface area contributed by atoms with E-state index in [4.69, 9.17) is 11.2 Å². The zero-order chi connectivity index (χ0) is 29.2. The summed E-state index contributed by atoms with van der Waals surface area (Å²) in [4.78, 5) is 41.3. The van der Waals surface area contributed by atoms with Crippen LogP contribution in [0.3, 0.4) is 0 Å². The van der Waals surface area contributed by atoms with Crippen molar-refractivity contribution in [2.75, 3.05) is 0 Å². The third-order valence-corrected chi connectivity index (χ3v) is 5.82. The fourth-order valence-electron chi connectivity index (χ4n) is 4.05. The third kappa shape index (κ3) is 9.53.